The van der Waals surface area contributed by atoms with Crippen molar-refractivity contribution in [2.24, 2.45) is 0 Å². The number of hydrogen-bond acceptors (Lipinski definition) is 7. The minimum Gasteiger partial charge on any atom is -0.462 e. The summed E-state index contributed by atoms with van der Waals surface area (Å²) in [4.78, 5) is 38.4. The fourth-order valence-corrected chi connectivity index (χ4v) is 3.74. The van der Waals surface area contributed by atoms with E-state index in [1.165, 1.54) is 0 Å². The zero-order valence-electron chi connectivity index (χ0n) is 22.5. The molecule has 0 fully saturated rings. The monoisotopic (exact) mass is 486 g/mol. The Morgan fingerprint density at radius 1 is 0.618 bits per heavy atom. The molecule has 34 heavy (non-hydrogen) atoms. The fourth-order valence-electron chi connectivity index (χ4n) is 3.74. The minimum atomic E-state index is -2.32. The third-order valence-corrected chi connectivity index (χ3v) is 6.13. The van der Waals surface area contributed by atoms with Crippen LogP contribution in [0.5, 0.6) is 0 Å². The molecule has 0 bridgehead atoms. The molecule has 0 aromatic rings. The van der Waals surface area contributed by atoms with Crippen LogP contribution in [0.25, 0.3) is 0 Å². The quantitative estimate of drug-likeness (QED) is 0.166. The molecule has 0 aliphatic carbocycles. The van der Waals surface area contributed by atoms with E-state index in [1.54, 1.807) is 0 Å². The lowest BCUT2D eigenvalue weighted by atomic mass is 9.95. The van der Waals surface area contributed by atoms with Crippen molar-refractivity contribution >= 4 is 17.9 Å². The zero-order valence-corrected chi connectivity index (χ0v) is 22.5. The number of carbonyl (C=O) groups is 3. The first-order valence-electron chi connectivity index (χ1n) is 13.5. The van der Waals surface area contributed by atoms with Gasteiger partial charge in [0.25, 0.3) is 0 Å². The van der Waals surface area contributed by atoms with Gasteiger partial charge in [0.2, 0.25) is 0 Å². The van der Waals surface area contributed by atoms with Crippen LogP contribution < -0.4 is 0 Å². The average Bonchev–Trinajstić information content (AvgIpc) is 2.81. The van der Waals surface area contributed by atoms with Gasteiger partial charge in [-0.1, -0.05) is 80.1 Å². The number of ether oxygens (including phenoxy) is 3. The number of unbranched alkanes of at least 4 members (excludes halogenated alkanes) is 3. The standard InChI is InChI=1S/C27H50O7/c1-7-13-16-21(10-4)32-24(28)19-27(31,26(30)34-23(12-6)18-15-9-3)20-25(29)33-22(11-5)17-14-8-2/h21-23,31H,7-20H2,1-6H3. The van der Waals surface area contributed by atoms with Gasteiger partial charge in [0.1, 0.15) is 18.3 Å². The summed E-state index contributed by atoms with van der Waals surface area (Å²) in [5.74, 6) is -2.39. The summed E-state index contributed by atoms with van der Waals surface area (Å²) >= 11 is 0. The van der Waals surface area contributed by atoms with Crippen molar-refractivity contribution in [3.63, 3.8) is 0 Å². The molecule has 200 valence electrons. The van der Waals surface area contributed by atoms with Gasteiger partial charge in [-0.05, 0) is 38.5 Å². The number of esters is 3. The van der Waals surface area contributed by atoms with E-state index >= 15 is 0 Å². The lowest BCUT2D eigenvalue weighted by Gasteiger charge is -2.28. The van der Waals surface area contributed by atoms with Crippen molar-refractivity contribution in [3.05, 3.63) is 0 Å². The summed E-state index contributed by atoms with van der Waals surface area (Å²) in [6.45, 7) is 11.9. The molecule has 3 unspecified atom stereocenters. The number of aliphatic hydroxyl groups is 1. The number of carbonyl (C=O) groups excluding carboxylic acids is 3. The Labute approximate surface area is 207 Å². The van der Waals surface area contributed by atoms with E-state index in [0.29, 0.717) is 38.5 Å². The van der Waals surface area contributed by atoms with E-state index < -0.39 is 36.4 Å². The molecule has 0 saturated heterocycles. The smallest absolute Gasteiger partial charge is 0.339 e. The van der Waals surface area contributed by atoms with Crippen molar-refractivity contribution in [3.8, 4) is 0 Å². The van der Waals surface area contributed by atoms with Crippen LogP contribution in [0.15, 0.2) is 0 Å². The van der Waals surface area contributed by atoms with E-state index in [4.69, 9.17) is 14.2 Å². The van der Waals surface area contributed by atoms with Gasteiger partial charge < -0.3 is 19.3 Å². The van der Waals surface area contributed by atoms with Crippen LogP contribution in [0, 0.1) is 0 Å². The molecule has 3 atom stereocenters. The Kier molecular flexibility index (Phi) is 17.8. The maximum absolute atomic E-state index is 13.0. The molecule has 7 heteroatoms. The molecule has 7 nitrogen and oxygen atoms in total. The predicted molar refractivity (Wildman–Crippen MR) is 133 cm³/mol. The van der Waals surface area contributed by atoms with Gasteiger partial charge in [-0.3, -0.25) is 9.59 Å². The first-order valence-corrected chi connectivity index (χ1v) is 13.5. The van der Waals surface area contributed by atoms with Crippen LogP contribution in [0.1, 0.15) is 131 Å². The number of rotatable bonds is 20. The van der Waals surface area contributed by atoms with E-state index in [1.807, 2.05) is 27.7 Å². The fraction of sp³-hybridized carbons (Fsp3) is 0.889. The molecular weight excluding hydrogens is 436 g/mol. The summed E-state index contributed by atoms with van der Waals surface area (Å²) < 4.78 is 16.6. The van der Waals surface area contributed by atoms with Crippen molar-refractivity contribution in [1.82, 2.24) is 0 Å². The van der Waals surface area contributed by atoms with Gasteiger partial charge in [0.05, 0.1) is 12.8 Å². The van der Waals surface area contributed by atoms with E-state index in [-0.39, 0.29) is 18.3 Å². The molecule has 0 radical (unpaired) electrons. The predicted octanol–water partition coefficient (Wildman–Crippen LogP) is 6.03. The van der Waals surface area contributed by atoms with Gasteiger partial charge in [-0.25, -0.2) is 4.79 Å². The molecule has 0 aromatic carbocycles. The molecular formula is C27H50O7. The van der Waals surface area contributed by atoms with Crippen LogP contribution in [0.4, 0.5) is 0 Å². The molecule has 0 saturated carbocycles. The van der Waals surface area contributed by atoms with Crippen molar-refractivity contribution in [2.75, 3.05) is 0 Å². The average molecular weight is 487 g/mol. The summed E-state index contributed by atoms with van der Waals surface area (Å²) in [6.07, 6.45) is 7.32. The molecule has 0 aromatic heterocycles. The van der Waals surface area contributed by atoms with Gasteiger partial charge in [0, 0.05) is 0 Å². The maximum Gasteiger partial charge on any atom is 0.339 e. The van der Waals surface area contributed by atoms with Crippen molar-refractivity contribution in [1.29, 1.82) is 0 Å². The van der Waals surface area contributed by atoms with Gasteiger partial charge >= 0.3 is 17.9 Å². The second-order valence-corrected chi connectivity index (χ2v) is 9.29. The minimum absolute atomic E-state index is 0.286. The van der Waals surface area contributed by atoms with Crippen LogP contribution in [-0.2, 0) is 28.6 Å². The Morgan fingerprint density at radius 3 is 1.24 bits per heavy atom. The van der Waals surface area contributed by atoms with Crippen LogP contribution in [-0.4, -0.2) is 46.9 Å². The van der Waals surface area contributed by atoms with E-state index in [0.717, 1.165) is 38.5 Å². The van der Waals surface area contributed by atoms with Crippen molar-refractivity contribution in [2.45, 2.75) is 155 Å². The SMILES string of the molecule is CCCCC(CC)OC(=O)CC(O)(CC(=O)OC(CC)CCCC)C(=O)OC(CC)CCCC. The zero-order chi connectivity index (χ0) is 26.0. The molecule has 0 aliphatic heterocycles. The highest BCUT2D eigenvalue weighted by Gasteiger charge is 2.44. The third-order valence-electron chi connectivity index (χ3n) is 6.13. The van der Waals surface area contributed by atoms with E-state index in [2.05, 4.69) is 13.8 Å². The topological polar surface area (TPSA) is 99.1 Å². The Bertz CT molecular complexity index is 543. The first-order chi connectivity index (χ1) is 16.2. The molecule has 1 N–H and O–H groups in total. The van der Waals surface area contributed by atoms with Crippen molar-refractivity contribution < 1.29 is 33.7 Å². The maximum atomic E-state index is 13.0. The second kappa shape index (κ2) is 18.7. The molecule has 0 rings (SSSR count). The lowest BCUT2D eigenvalue weighted by molar-refractivity contribution is -0.184. The van der Waals surface area contributed by atoms with Crippen LogP contribution in [0.3, 0.4) is 0 Å². The third kappa shape index (κ3) is 13.3. The van der Waals surface area contributed by atoms with E-state index in [9.17, 15) is 19.5 Å². The summed E-state index contributed by atoms with van der Waals surface area (Å²) in [6, 6.07) is 0. The summed E-state index contributed by atoms with van der Waals surface area (Å²) in [7, 11) is 0. The molecule has 0 spiro atoms. The normalized spacial score (nSPS) is 15.6. The largest absolute Gasteiger partial charge is 0.462 e. The summed E-state index contributed by atoms with van der Waals surface area (Å²) in [5, 5.41) is 11.2. The summed E-state index contributed by atoms with van der Waals surface area (Å²) in [5.41, 5.74) is -2.32. The van der Waals surface area contributed by atoms with Gasteiger partial charge in [0.15, 0.2) is 5.60 Å². The molecule has 0 heterocycles. The lowest BCUT2D eigenvalue weighted by Crippen LogP contribution is -2.46. The first kappa shape index (κ1) is 32.4. The van der Waals surface area contributed by atoms with Crippen LogP contribution >= 0.6 is 0 Å². The Morgan fingerprint density at radius 2 is 0.941 bits per heavy atom. The Hall–Kier alpha value is -1.63. The molecule has 0 aliphatic rings. The van der Waals surface area contributed by atoms with Gasteiger partial charge in [-0.15, -0.1) is 0 Å². The van der Waals surface area contributed by atoms with Gasteiger partial charge in [-0.2, -0.15) is 0 Å². The highest BCUT2D eigenvalue weighted by atomic mass is 16.6. The highest BCUT2D eigenvalue weighted by molar-refractivity contribution is 5.90. The Balaban J connectivity index is 5.48. The number of hydrogen-bond donors (Lipinski definition) is 1. The van der Waals surface area contributed by atoms with Crippen LogP contribution in [0.2, 0.25) is 0 Å². The second-order valence-electron chi connectivity index (χ2n) is 9.29. The highest BCUT2D eigenvalue weighted by Crippen LogP contribution is 2.24. The molecule has 0 amide bonds.